The summed E-state index contributed by atoms with van der Waals surface area (Å²) in [7, 11) is 0. The minimum atomic E-state index is -0.759. The van der Waals surface area contributed by atoms with Crippen molar-refractivity contribution in [1.29, 1.82) is 0 Å². The van der Waals surface area contributed by atoms with Crippen molar-refractivity contribution in [3.05, 3.63) is 0 Å². The molecule has 1 atom stereocenters. The molecule has 0 aromatic carbocycles. The first-order valence-corrected chi connectivity index (χ1v) is 24.2. The van der Waals surface area contributed by atoms with Crippen LogP contribution in [0.5, 0.6) is 0 Å². The van der Waals surface area contributed by atoms with Crippen molar-refractivity contribution in [2.24, 2.45) is 11.8 Å². The molecule has 0 saturated heterocycles. The molecule has 0 rings (SSSR count). The molecule has 55 heavy (non-hydrogen) atoms. The van der Waals surface area contributed by atoms with E-state index in [1.807, 2.05) is 0 Å². The van der Waals surface area contributed by atoms with Gasteiger partial charge >= 0.3 is 17.9 Å². The highest BCUT2D eigenvalue weighted by atomic mass is 16.6. The van der Waals surface area contributed by atoms with Gasteiger partial charge in [-0.15, -0.1) is 0 Å². The Labute approximate surface area is 342 Å². The van der Waals surface area contributed by atoms with Gasteiger partial charge in [-0.3, -0.25) is 14.4 Å². The summed E-state index contributed by atoms with van der Waals surface area (Å²) in [6.45, 7) is 11.3. The number of carbonyl (C=O) groups excluding carboxylic acids is 3. The first kappa shape index (κ1) is 53.4. The fourth-order valence-corrected chi connectivity index (χ4v) is 7.28. The summed E-state index contributed by atoms with van der Waals surface area (Å²) in [5.74, 6) is 0.807. The van der Waals surface area contributed by atoms with Gasteiger partial charge in [0.2, 0.25) is 0 Å². The van der Waals surface area contributed by atoms with Gasteiger partial charge in [-0.05, 0) is 31.1 Å². The number of rotatable bonds is 43. The molecule has 0 saturated carbocycles. The molecule has 0 amide bonds. The van der Waals surface area contributed by atoms with Gasteiger partial charge in [0.15, 0.2) is 6.10 Å². The molecular formula is C49H94O6. The van der Waals surface area contributed by atoms with E-state index in [0.717, 1.165) is 76.0 Å². The zero-order chi connectivity index (χ0) is 40.5. The van der Waals surface area contributed by atoms with E-state index in [1.54, 1.807) is 0 Å². The number of unbranched alkanes of at least 4 members (excludes halogenated alkanes) is 28. The van der Waals surface area contributed by atoms with Crippen LogP contribution in [0.4, 0.5) is 0 Å². The highest BCUT2D eigenvalue weighted by Crippen LogP contribution is 2.17. The van der Waals surface area contributed by atoms with Crippen molar-refractivity contribution in [2.45, 2.75) is 272 Å². The molecule has 0 aromatic rings. The lowest BCUT2D eigenvalue weighted by Gasteiger charge is -2.18. The summed E-state index contributed by atoms with van der Waals surface area (Å²) >= 11 is 0. The van der Waals surface area contributed by atoms with Crippen LogP contribution in [0.1, 0.15) is 266 Å². The van der Waals surface area contributed by atoms with Crippen LogP contribution in [0.15, 0.2) is 0 Å². The number of carbonyl (C=O) groups is 3. The van der Waals surface area contributed by atoms with Crippen LogP contribution < -0.4 is 0 Å². The van der Waals surface area contributed by atoms with Crippen molar-refractivity contribution in [3.8, 4) is 0 Å². The predicted molar refractivity (Wildman–Crippen MR) is 233 cm³/mol. The third-order valence-electron chi connectivity index (χ3n) is 11.0. The Morgan fingerprint density at radius 2 is 0.600 bits per heavy atom. The highest BCUT2D eigenvalue weighted by Gasteiger charge is 2.19. The quantitative estimate of drug-likeness (QED) is 0.0348. The largest absolute Gasteiger partial charge is 0.462 e. The van der Waals surface area contributed by atoms with Gasteiger partial charge in [-0.1, -0.05) is 227 Å². The molecule has 6 heteroatoms. The lowest BCUT2D eigenvalue weighted by atomic mass is 10.0. The van der Waals surface area contributed by atoms with Crippen molar-refractivity contribution < 1.29 is 28.6 Å². The van der Waals surface area contributed by atoms with Crippen LogP contribution in [-0.4, -0.2) is 37.2 Å². The van der Waals surface area contributed by atoms with Crippen LogP contribution in [0.25, 0.3) is 0 Å². The maximum absolute atomic E-state index is 12.7. The lowest BCUT2D eigenvalue weighted by Crippen LogP contribution is -2.30. The average molecular weight is 779 g/mol. The van der Waals surface area contributed by atoms with E-state index in [0.29, 0.717) is 19.3 Å². The number of hydrogen-bond acceptors (Lipinski definition) is 6. The molecule has 0 aliphatic carbocycles. The minimum Gasteiger partial charge on any atom is -0.462 e. The zero-order valence-corrected chi connectivity index (χ0v) is 37.6. The van der Waals surface area contributed by atoms with Crippen molar-refractivity contribution in [1.82, 2.24) is 0 Å². The van der Waals surface area contributed by atoms with Crippen LogP contribution in [0.2, 0.25) is 0 Å². The summed E-state index contributed by atoms with van der Waals surface area (Å²) < 4.78 is 16.6. The molecule has 0 bridgehead atoms. The van der Waals surface area contributed by atoms with E-state index in [1.165, 1.54) is 148 Å². The Morgan fingerprint density at radius 3 is 0.891 bits per heavy atom. The molecule has 0 aliphatic rings. The van der Waals surface area contributed by atoms with Gasteiger partial charge in [-0.25, -0.2) is 0 Å². The van der Waals surface area contributed by atoms with Gasteiger partial charge < -0.3 is 14.2 Å². The summed E-state index contributed by atoms with van der Waals surface area (Å²) in [5.41, 5.74) is 0. The topological polar surface area (TPSA) is 78.9 Å². The van der Waals surface area contributed by atoms with Gasteiger partial charge in [0.05, 0.1) is 0 Å². The van der Waals surface area contributed by atoms with Crippen molar-refractivity contribution in [3.63, 3.8) is 0 Å². The first-order valence-electron chi connectivity index (χ1n) is 24.2. The summed E-state index contributed by atoms with van der Waals surface area (Å²) in [6, 6.07) is 0. The van der Waals surface area contributed by atoms with Crippen LogP contribution in [0, 0.1) is 11.8 Å². The molecule has 0 unspecified atom stereocenters. The Kier molecular flexibility index (Phi) is 40.8. The summed E-state index contributed by atoms with van der Waals surface area (Å²) in [5, 5.41) is 0. The maximum atomic E-state index is 12.7. The molecule has 0 N–H and O–H groups in total. The molecule has 0 heterocycles. The van der Waals surface area contributed by atoms with Crippen LogP contribution in [-0.2, 0) is 28.6 Å². The predicted octanol–water partition coefficient (Wildman–Crippen LogP) is 15.4. The molecule has 0 fully saturated rings. The Morgan fingerprint density at radius 1 is 0.345 bits per heavy atom. The van der Waals surface area contributed by atoms with E-state index in [4.69, 9.17) is 14.2 Å². The number of esters is 3. The van der Waals surface area contributed by atoms with E-state index in [2.05, 4.69) is 34.6 Å². The average Bonchev–Trinajstić information content (AvgIpc) is 3.15. The highest BCUT2D eigenvalue weighted by molar-refractivity contribution is 5.71. The normalized spacial score (nSPS) is 12.1. The smallest absolute Gasteiger partial charge is 0.306 e. The lowest BCUT2D eigenvalue weighted by molar-refractivity contribution is -0.167. The molecule has 0 aromatic heterocycles. The summed E-state index contributed by atoms with van der Waals surface area (Å²) in [6.07, 6.45) is 41.2. The van der Waals surface area contributed by atoms with E-state index in [-0.39, 0.29) is 31.1 Å². The molecule has 326 valence electrons. The van der Waals surface area contributed by atoms with Crippen LogP contribution in [0.3, 0.4) is 0 Å². The number of ether oxygens (including phenoxy) is 3. The number of hydrogen-bond donors (Lipinski definition) is 0. The fourth-order valence-electron chi connectivity index (χ4n) is 7.28. The Balaban J connectivity index is 4.13. The van der Waals surface area contributed by atoms with Crippen molar-refractivity contribution >= 4 is 17.9 Å². The minimum absolute atomic E-state index is 0.0651. The SMILES string of the molecule is CCCCCCCC(=O)OC[C@@H](COC(=O)CCCCCCCCCCCCCCCCCC(C)C)OC(=O)CCCCCCCCCCCCCC(C)C. The van der Waals surface area contributed by atoms with Crippen molar-refractivity contribution in [2.75, 3.05) is 13.2 Å². The molecule has 0 spiro atoms. The van der Waals surface area contributed by atoms with E-state index < -0.39 is 6.10 Å². The summed E-state index contributed by atoms with van der Waals surface area (Å²) in [4.78, 5) is 37.5. The van der Waals surface area contributed by atoms with Gasteiger partial charge in [0, 0.05) is 19.3 Å². The monoisotopic (exact) mass is 779 g/mol. The second-order valence-electron chi connectivity index (χ2n) is 17.7. The Hall–Kier alpha value is -1.59. The van der Waals surface area contributed by atoms with E-state index in [9.17, 15) is 14.4 Å². The standard InChI is InChI=1S/C49H94O6/c1-6-7-8-27-34-39-47(50)53-42-46(55-49(52)41-36-31-26-22-18-14-16-20-24-29-33-38-45(4)5)43-54-48(51)40-35-30-25-21-17-13-11-9-10-12-15-19-23-28-32-37-44(2)3/h44-46H,6-43H2,1-5H3/t46-/m0/s1. The zero-order valence-electron chi connectivity index (χ0n) is 37.6. The third kappa shape index (κ3) is 43.4. The van der Waals surface area contributed by atoms with Gasteiger partial charge in [0.25, 0.3) is 0 Å². The second kappa shape index (κ2) is 42.0. The van der Waals surface area contributed by atoms with Gasteiger partial charge in [-0.2, -0.15) is 0 Å². The third-order valence-corrected chi connectivity index (χ3v) is 11.0. The fraction of sp³-hybridized carbons (Fsp3) is 0.939. The maximum Gasteiger partial charge on any atom is 0.306 e. The molecule has 0 radical (unpaired) electrons. The van der Waals surface area contributed by atoms with Gasteiger partial charge in [0.1, 0.15) is 13.2 Å². The molecule has 6 nitrogen and oxygen atoms in total. The molecular weight excluding hydrogens is 685 g/mol. The van der Waals surface area contributed by atoms with Crippen LogP contribution >= 0.6 is 0 Å². The first-order chi connectivity index (χ1) is 26.7. The van der Waals surface area contributed by atoms with E-state index >= 15 is 0 Å². The molecule has 0 aliphatic heterocycles. The Bertz CT molecular complexity index is 839. The second-order valence-corrected chi connectivity index (χ2v) is 17.7.